The molecule has 0 bridgehead atoms. The average molecular weight is 275 g/mol. The van der Waals surface area contributed by atoms with Crippen LogP contribution in [0.25, 0.3) is 0 Å². The number of piperidine rings is 1. The van der Waals surface area contributed by atoms with Gasteiger partial charge in [-0.15, -0.1) is 11.3 Å². The van der Waals surface area contributed by atoms with Gasteiger partial charge < -0.3 is 11.1 Å². The summed E-state index contributed by atoms with van der Waals surface area (Å²) in [5, 5.41) is 5.51. The van der Waals surface area contributed by atoms with Gasteiger partial charge in [0.2, 0.25) is 0 Å². The maximum Gasteiger partial charge on any atom is 0.0430 e. The Morgan fingerprint density at radius 2 is 2.50 bits per heavy atom. The maximum absolute atomic E-state index is 6.23. The van der Waals surface area contributed by atoms with Crippen molar-refractivity contribution in [2.24, 2.45) is 11.7 Å². The Labute approximate surface area is 97.0 Å². The van der Waals surface area contributed by atoms with Crippen molar-refractivity contribution in [1.29, 1.82) is 0 Å². The molecule has 4 heteroatoms. The number of thiophene rings is 1. The van der Waals surface area contributed by atoms with Crippen LogP contribution in [-0.2, 0) is 0 Å². The predicted molar refractivity (Wildman–Crippen MR) is 64.5 cm³/mol. The van der Waals surface area contributed by atoms with Crippen LogP contribution in [0.3, 0.4) is 0 Å². The van der Waals surface area contributed by atoms with Gasteiger partial charge in [0, 0.05) is 20.8 Å². The van der Waals surface area contributed by atoms with Crippen molar-refractivity contribution in [3.8, 4) is 0 Å². The smallest absolute Gasteiger partial charge is 0.0430 e. The number of nitrogens with two attached hydrogens (primary N) is 1. The molecule has 14 heavy (non-hydrogen) atoms. The van der Waals surface area contributed by atoms with Crippen molar-refractivity contribution in [2.45, 2.75) is 18.9 Å². The van der Waals surface area contributed by atoms with E-state index < -0.39 is 0 Å². The topological polar surface area (TPSA) is 38.0 Å². The third-order valence-corrected chi connectivity index (χ3v) is 4.55. The van der Waals surface area contributed by atoms with Gasteiger partial charge in [-0.25, -0.2) is 0 Å². The fraction of sp³-hybridized carbons (Fsp3) is 0.600. The van der Waals surface area contributed by atoms with Gasteiger partial charge in [-0.2, -0.15) is 0 Å². The van der Waals surface area contributed by atoms with E-state index in [0.29, 0.717) is 5.92 Å². The van der Waals surface area contributed by atoms with E-state index >= 15 is 0 Å². The summed E-state index contributed by atoms with van der Waals surface area (Å²) in [7, 11) is 0. The number of halogens is 1. The van der Waals surface area contributed by atoms with E-state index in [0.717, 1.165) is 17.6 Å². The first-order valence-corrected chi connectivity index (χ1v) is 6.65. The van der Waals surface area contributed by atoms with E-state index in [1.807, 2.05) is 0 Å². The second-order valence-electron chi connectivity index (χ2n) is 3.80. The second-order valence-corrected chi connectivity index (χ2v) is 5.66. The highest BCUT2D eigenvalue weighted by atomic mass is 79.9. The minimum Gasteiger partial charge on any atom is -0.323 e. The van der Waals surface area contributed by atoms with Crippen LogP contribution in [0, 0.1) is 5.92 Å². The third-order valence-electron chi connectivity index (χ3n) is 2.76. The highest BCUT2D eigenvalue weighted by Crippen LogP contribution is 2.31. The second kappa shape index (κ2) is 4.75. The van der Waals surface area contributed by atoms with Crippen LogP contribution in [0.15, 0.2) is 15.9 Å². The molecule has 1 saturated heterocycles. The Morgan fingerprint density at radius 3 is 3.07 bits per heavy atom. The fourth-order valence-corrected chi connectivity index (χ4v) is 3.46. The van der Waals surface area contributed by atoms with Crippen LogP contribution in [0.1, 0.15) is 23.8 Å². The maximum atomic E-state index is 6.23. The first kappa shape index (κ1) is 10.6. The highest BCUT2D eigenvalue weighted by molar-refractivity contribution is 9.10. The van der Waals surface area contributed by atoms with Crippen molar-refractivity contribution in [3.05, 3.63) is 20.8 Å². The predicted octanol–water partition coefficient (Wildman–Crippen LogP) is 2.51. The Bertz CT molecular complexity index is 294. The van der Waals surface area contributed by atoms with E-state index in [1.165, 1.54) is 17.7 Å². The van der Waals surface area contributed by atoms with Crippen LogP contribution in [0.5, 0.6) is 0 Å². The number of nitrogens with one attached hydrogen (secondary N) is 1. The van der Waals surface area contributed by atoms with E-state index in [9.17, 15) is 0 Å². The molecular weight excluding hydrogens is 260 g/mol. The van der Waals surface area contributed by atoms with Crippen LogP contribution in [-0.4, -0.2) is 13.1 Å². The molecule has 1 aromatic rings. The molecule has 0 amide bonds. The molecule has 0 aliphatic carbocycles. The van der Waals surface area contributed by atoms with Gasteiger partial charge in [0.05, 0.1) is 0 Å². The first-order valence-electron chi connectivity index (χ1n) is 4.97. The monoisotopic (exact) mass is 274 g/mol. The number of hydrogen-bond acceptors (Lipinski definition) is 3. The molecule has 0 saturated carbocycles. The molecule has 2 rings (SSSR count). The molecule has 1 aliphatic heterocycles. The molecule has 1 aliphatic rings. The summed E-state index contributed by atoms with van der Waals surface area (Å²) in [5.41, 5.74) is 6.23. The van der Waals surface area contributed by atoms with Gasteiger partial charge in [0.1, 0.15) is 0 Å². The van der Waals surface area contributed by atoms with E-state index in [1.54, 1.807) is 11.3 Å². The molecule has 2 nitrogen and oxygen atoms in total. The lowest BCUT2D eigenvalue weighted by Gasteiger charge is -2.27. The Kier molecular flexibility index (Phi) is 3.60. The van der Waals surface area contributed by atoms with E-state index in [2.05, 4.69) is 32.7 Å². The van der Waals surface area contributed by atoms with Gasteiger partial charge in [0.15, 0.2) is 0 Å². The number of hydrogen-bond donors (Lipinski definition) is 2. The lowest BCUT2D eigenvalue weighted by molar-refractivity contribution is 0.329. The summed E-state index contributed by atoms with van der Waals surface area (Å²) in [6, 6.07) is 2.35. The van der Waals surface area contributed by atoms with Crippen LogP contribution < -0.4 is 11.1 Å². The van der Waals surface area contributed by atoms with Gasteiger partial charge in [0.25, 0.3) is 0 Å². The average Bonchev–Trinajstić information content (AvgIpc) is 2.65. The minimum absolute atomic E-state index is 0.207. The summed E-state index contributed by atoms with van der Waals surface area (Å²) in [5.74, 6) is 0.606. The SMILES string of the molecule is NC(c1cc(Br)cs1)C1CCCNC1. The summed E-state index contributed by atoms with van der Waals surface area (Å²) < 4.78 is 1.15. The minimum atomic E-state index is 0.207. The van der Waals surface area contributed by atoms with Crippen LogP contribution in [0.2, 0.25) is 0 Å². The lowest BCUT2D eigenvalue weighted by Crippen LogP contribution is -2.35. The van der Waals surface area contributed by atoms with Crippen molar-refractivity contribution in [2.75, 3.05) is 13.1 Å². The summed E-state index contributed by atoms with van der Waals surface area (Å²) in [4.78, 5) is 1.30. The van der Waals surface area contributed by atoms with Gasteiger partial charge in [-0.3, -0.25) is 0 Å². The lowest BCUT2D eigenvalue weighted by atomic mass is 9.91. The van der Waals surface area contributed by atoms with E-state index in [-0.39, 0.29) is 6.04 Å². The summed E-state index contributed by atoms with van der Waals surface area (Å²) >= 11 is 5.22. The Hall–Kier alpha value is 0.1000. The highest BCUT2D eigenvalue weighted by Gasteiger charge is 2.22. The molecule has 2 heterocycles. The Morgan fingerprint density at radius 1 is 1.64 bits per heavy atom. The fourth-order valence-electron chi connectivity index (χ4n) is 1.92. The largest absolute Gasteiger partial charge is 0.323 e. The van der Waals surface area contributed by atoms with Crippen molar-refractivity contribution in [1.82, 2.24) is 5.32 Å². The summed E-state index contributed by atoms with van der Waals surface area (Å²) in [6.45, 7) is 2.22. The molecule has 0 aromatic carbocycles. The molecule has 78 valence electrons. The zero-order chi connectivity index (χ0) is 9.97. The number of rotatable bonds is 2. The Balaban J connectivity index is 2.03. The first-order chi connectivity index (χ1) is 6.77. The molecule has 0 radical (unpaired) electrons. The van der Waals surface area contributed by atoms with Crippen LogP contribution in [0.4, 0.5) is 0 Å². The van der Waals surface area contributed by atoms with E-state index in [4.69, 9.17) is 5.73 Å². The third kappa shape index (κ3) is 2.37. The standard InChI is InChI=1S/C10H15BrN2S/c11-8-4-9(14-6-8)10(12)7-2-1-3-13-5-7/h4,6-7,10,13H,1-3,5,12H2. The van der Waals surface area contributed by atoms with Gasteiger partial charge in [-0.05, 0) is 53.8 Å². The quantitative estimate of drug-likeness (QED) is 0.870. The zero-order valence-electron chi connectivity index (χ0n) is 8.00. The molecule has 2 atom stereocenters. The molecule has 1 fully saturated rings. The van der Waals surface area contributed by atoms with Crippen molar-refractivity contribution >= 4 is 27.3 Å². The van der Waals surface area contributed by atoms with Gasteiger partial charge in [-0.1, -0.05) is 0 Å². The van der Waals surface area contributed by atoms with Crippen molar-refractivity contribution in [3.63, 3.8) is 0 Å². The normalized spacial score (nSPS) is 24.9. The molecule has 2 unspecified atom stereocenters. The molecule has 1 aromatic heterocycles. The molecule has 0 spiro atoms. The van der Waals surface area contributed by atoms with Crippen LogP contribution >= 0.6 is 27.3 Å². The summed E-state index contributed by atoms with van der Waals surface area (Å²) in [6.07, 6.45) is 2.51. The van der Waals surface area contributed by atoms with Gasteiger partial charge >= 0.3 is 0 Å². The zero-order valence-corrected chi connectivity index (χ0v) is 10.4. The molecule has 3 N–H and O–H groups in total. The molecular formula is C10H15BrN2S. The van der Waals surface area contributed by atoms with Crippen molar-refractivity contribution < 1.29 is 0 Å².